The van der Waals surface area contributed by atoms with E-state index in [-0.39, 0.29) is 5.91 Å². The van der Waals surface area contributed by atoms with Crippen LogP contribution in [-0.2, 0) is 9.53 Å². The zero-order chi connectivity index (χ0) is 12.8. The Kier molecular flexibility index (Phi) is 4.73. The molecule has 2 N–H and O–H groups in total. The minimum absolute atomic E-state index is 0.378. The minimum atomic E-state index is -1.10. The van der Waals surface area contributed by atoms with Crippen LogP contribution in [0.3, 0.4) is 0 Å². The summed E-state index contributed by atoms with van der Waals surface area (Å²) in [5.74, 6) is 0.354. The van der Waals surface area contributed by atoms with Gasteiger partial charge < -0.3 is 15.2 Å². The quantitative estimate of drug-likeness (QED) is 0.715. The van der Waals surface area contributed by atoms with Gasteiger partial charge in [-0.05, 0) is 24.3 Å². The predicted octanol–water partition coefficient (Wildman–Crippen LogP) is 1.26. The van der Waals surface area contributed by atoms with Crippen molar-refractivity contribution in [2.75, 3.05) is 19.8 Å². The van der Waals surface area contributed by atoms with E-state index in [1.54, 1.807) is 24.3 Å². The standard InChI is InChI=1S/C14H19NO3/c16-13(12-4-2-1-3-5-12)14(17)15-8-9-18-10-11-6-7-11/h1-5,11,13,16H,6-10H2,(H,15,17). The summed E-state index contributed by atoms with van der Waals surface area (Å²) in [5, 5.41) is 12.5. The van der Waals surface area contributed by atoms with Gasteiger partial charge in [0.25, 0.3) is 5.91 Å². The first-order valence-corrected chi connectivity index (χ1v) is 6.36. The Morgan fingerprint density at radius 2 is 2.11 bits per heavy atom. The average molecular weight is 249 g/mol. The number of aliphatic hydroxyl groups is 1. The van der Waals surface area contributed by atoms with Crippen molar-refractivity contribution in [3.8, 4) is 0 Å². The number of carbonyl (C=O) groups is 1. The van der Waals surface area contributed by atoms with Gasteiger partial charge in [0.2, 0.25) is 0 Å². The lowest BCUT2D eigenvalue weighted by Crippen LogP contribution is -2.32. The number of amides is 1. The Balaban J connectivity index is 1.64. The van der Waals surface area contributed by atoms with Crippen LogP contribution in [0.4, 0.5) is 0 Å². The van der Waals surface area contributed by atoms with Crippen LogP contribution in [0.5, 0.6) is 0 Å². The molecule has 0 heterocycles. The fourth-order valence-corrected chi connectivity index (χ4v) is 1.66. The number of benzene rings is 1. The molecule has 0 spiro atoms. The molecule has 1 aromatic carbocycles. The molecule has 1 unspecified atom stereocenters. The summed E-state index contributed by atoms with van der Waals surface area (Å²) in [4.78, 5) is 11.6. The molecule has 18 heavy (non-hydrogen) atoms. The van der Waals surface area contributed by atoms with Crippen LogP contribution in [0.15, 0.2) is 30.3 Å². The molecule has 1 aliphatic carbocycles. The first-order valence-electron chi connectivity index (χ1n) is 6.36. The number of rotatable bonds is 7. The molecule has 0 aliphatic heterocycles. The fourth-order valence-electron chi connectivity index (χ4n) is 1.66. The Morgan fingerprint density at radius 1 is 1.39 bits per heavy atom. The van der Waals surface area contributed by atoms with Gasteiger partial charge in [-0.2, -0.15) is 0 Å². The smallest absolute Gasteiger partial charge is 0.253 e. The third-order valence-electron chi connectivity index (χ3n) is 2.96. The zero-order valence-electron chi connectivity index (χ0n) is 10.3. The van der Waals surface area contributed by atoms with Gasteiger partial charge in [0.05, 0.1) is 6.61 Å². The zero-order valence-corrected chi connectivity index (χ0v) is 10.3. The monoisotopic (exact) mass is 249 g/mol. The van der Waals surface area contributed by atoms with E-state index < -0.39 is 6.10 Å². The molecule has 2 rings (SSSR count). The van der Waals surface area contributed by atoms with Crippen molar-refractivity contribution in [3.05, 3.63) is 35.9 Å². The topological polar surface area (TPSA) is 58.6 Å². The lowest BCUT2D eigenvalue weighted by atomic mass is 10.1. The van der Waals surface area contributed by atoms with E-state index >= 15 is 0 Å². The Hall–Kier alpha value is -1.39. The van der Waals surface area contributed by atoms with Crippen LogP contribution in [0.1, 0.15) is 24.5 Å². The number of nitrogens with one attached hydrogen (secondary N) is 1. The number of hydrogen-bond donors (Lipinski definition) is 2. The second-order valence-corrected chi connectivity index (χ2v) is 4.62. The van der Waals surface area contributed by atoms with Gasteiger partial charge in [0, 0.05) is 13.2 Å². The highest BCUT2D eigenvalue weighted by Crippen LogP contribution is 2.28. The summed E-state index contributed by atoms with van der Waals surface area (Å²) in [5.41, 5.74) is 0.605. The highest BCUT2D eigenvalue weighted by atomic mass is 16.5. The maximum Gasteiger partial charge on any atom is 0.253 e. The van der Waals surface area contributed by atoms with Crippen molar-refractivity contribution in [3.63, 3.8) is 0 Å². The van der Waals surface area contributed by atoms with E-state index in [0.29, 0.717) is 18.7 Å². The highest BCUT2D eigenvalue weighted by Gasteiger charge is 2.21. The van der Waals surface area contributed by atoms with Crippen molar-refractivity contribution >= 4 is 5.91 Å². The number of hydrogen-bond acceptors (Lipinski definition) is 3. The molecule has 1 amide bonds. The van der Waals surface area contributed by atoms with Gasteiger partial charge in [0.1, 0.15) is 0 Å². The third-order valence-corrected chi connectivity index (χ3v) is 2.96. The van der Waals surface area contributed by atoms with Gasteiger partial charge in [-0.1, -0.05) is 30.3 Å². The van der Waals surface area contributed by atoms with Gasteiger partial charge in [-0.15, -0.1) is 0 Å². The fraction of sp³-hybridized carbons (Fsp3) is 0.500. The summed E-state index contributed by atoms with van der Waals surface area (Å²) in [6.45, 7) is 1.73. The summed E-state index contributed by atoms with van der Waals surface area (Å²) in [6.07, 6.45) is 1.42. The summed E-state index contributed by atoms with van der Waals surface area (Å²) >= 11 is 0. The molecule has 1 aromatic rings. The maximum atomic E-state index is 11.6. The molecule has 4 nitrogen and oxygen atoms in total. The van der Waals surface area contributed by atoms with E-state index in [2.05, 4.69) is 5.32 Å². The van der Waals surface area contributed by atoms with Crippen LogP contribution in [0.2, 0.25) is 0 Å². The largest absolute Gasteiger partial charge is 0.379 e. The van der Waals surface area contributed by atoms with E-state index in [1.807, 2.05) is 6.07 Å². The second-order valence-electron chi connectivity index (χ2n) is 4.62. The van der Waals surface area contributed by atoms with Crippen LogP contribution in [-0.4, -0.2) is 30.8 Å². The Bertz CT molecular complexity index is 376. The lowest BCUT2D eigenvalue weighted by molar-refractivity contribution is -0.129. The van der Waals surface area contributed by atoms with Crippen LogP contribution >= 0.6 is 0 Å². The summed E-state index contributed by atoms with van der Waals surface area (Å²) in [7, 11) is 0. The first kappa shape index (κ1) is 13.1. The van der Waals surface area contributed by atoms with E-state index in [0.717, 1.165) is 12.5 Å². The van der Waals surface area contributed by atoms with Crippen LogP contribution in [0, 0.1) is 5.92 Å². The SMILES string of the molecule is O=C(NCCOCC1CC1)C(O)c1ccccc1. The Labute approximate surface area is 107 Å². The summed E-state index contributed by atoms with van der Waals surface area (Å²) in [6, 6.07) is 8.90. The lowest BCUT2D eigenvalue weighted by Gasteiger charge is -2.11. The van der Waals surface area contributed by atoms with Crippen LogP contribution < -0.4 is 5.32 Å². The molecule has 1 saturated carbocycles. The number of carbonyl (C=O) groups excluding carboxylic acids is 1. The molecule has 0 radical (unpaired) electrons. The predicted molar refractivity (Wildman–Crippen MR) is 68.0 cm³/mol. The molecule has 1 atom stereocenters. The molecule has 1 aliphatic rings. The molecular weight excluding hydrogens is 230 g/mol. The van der Waals surface area contributed by atoms with E-state index in [4.69, 9.17) is 4.74 Å². The minimum Gasteiger partial charge on any atom is -0.379 e. The van der Waals surface area contributed by atoms with E-state index in [1.165, 1.54) is 12.8 Å². The Morgan fingerprint density at radius 3 is 2.78 bits per heavy atom. The highest BCUT2D eigenvalue weighted by molar-refractivity contribution is 5.81. The molecule has 0 aromatic heterocycles. The average Bonchev–Trinajstić information content (AvgIpc) is 3.22. The second kappa shape index (κ2) is 6.52. The summed E-state index contributed by atoms with van der Waals surface area (Å²) < 4.78 is 5.40. The van der Waals surface area contributed by atoms with Crippen LogP contribution in [0.25, 0.3) is 0 Å². The number of ether oxygens (including phenoxy) is 1. The molecule has 98 valence electrons. The van der Waals surface area contributed by atoms with Gasteiger partial charge in [0.15, 0.2) is 6.10 Å². The first-order chi connectivity index (χ1) is 8.77. The third kappa shape index (κ3) is 4.13. The van der Waals surface area contributed by atoms with Crippen molar-refractivity contribution < 1.29 is 14.6 Å². The van der Waals surface area contributed by atoms with Crippen molar-refractivity contribution in [2.45, 2.75) is 18.9 Å². The molecular formula is C14H19NO3. The maximum absolute atomic E-state index is 11.6. The van der Waals surface area contributed by atoms with Gasteiger partial charge in [-0.25, -0.2) is 0 Å². The normalized spacial score (nSPS) is 16.3. The van der Waals surface area contributed by atoms with Crippen molar-refractivity contribution in [1.29, 1.82) is 0 Å². The number of aliphatic hydroxyl groups excluding tert-OH is 1. The van der Waals surface area contributed by atoms with Gasteiger partial charge >= 0.3 is 0 Å². The molecule has 4 heteroatoms. The van der Waals surface area contributed by atoms with E-state index in [9.17, 15) is 9.90 Å². The molecule has 0 saturated heterocycles. The van der Waals surface area contributed by atoms with Gasteiger partial charge in [-0.3, -0.25) is 4.79 Å². The van der Waals surface area contributed by atoms with Crippen molar-refractivity contribution in [2.24, 2.45) is 5.92 Å². The molecule has 0 bridgehead atoms. The van der Waals surface area contributed by atoms with Crippen molar-refractivity contribution in [1.82, 2.24) is 5.32 Å². The molecule has 1 fully saturated rings.